The number of benzene rings is 2. The van der Waals surface area contributed by atoms with Crippen LogP contribution in [0.3, 0.4) is 0 Å². The number of ether oxygens (including phenoxy) is 1. The van der Waals surface area contributed by atoms with Crippen molar-refractivity contribution < 1.29 is 4.74 Å². The summed E-state index contributed by atoms with van der Waals surface area (Å²) >= 11 is 9.27. The van der Waals surface area contributed by atoms with Crippen LogP contribution in [-0.4, -0.2) is 0 Å². The summed E-state index contributed by atoms with van der Waals surface area (Å²) in [6, 6.07) is 14.9. The Balaban J connectivity index is 2.16. The molecule has 0 bridgehead atoms. The fourth-order valence-electron chi connectivity index (χ4n) is 1.49. The van der Waals surface area contributed by atoms with Gasteiger partial charge in [0.2, 0.25) is 0 Å². The highest BCUT2D eigenvalue weighted by Gasteiger charge is 2.05. The quantitative estimate of drug-likeness (QED) is 0.830. The Morgan fingerprint density at radius 2 is 2.00 bits per heavy atom. The van der Waals surface area contributed by atoms with E-state index in [2.05, 4.69) is 22.0 Å². The molecule has 0 heterocycles. The SMILES string of the molecule is N#Cc1cc(Cl)ccc1OCc1ccccc1Br. The highest BCUT2D eigenvalue weighted by atomic mass is 79.9. The maximum absolute atomic E-state index is 9.00. The first kappa shape index (κ1) is 12.9. The van der Waals surface area contributed by atoms with Crippen molar-refractivity contribution in [2.24, 2.45) is 0 Å². The summed E-state index contributed by atoms with van der Waals surface area (Å²) in [6.45, 7) is 0.401. The van der Waals surface area contributed by atoms with Crippen molar-refractivity contribution in [2.45, 2.75) is 6.61 Å². The number of hydrogen-bond acceptors (Lipinski definition) is 2. The largest absolute Gasteiger partial charge is 0.487 e. The van der Waals surface area contributed by atoms with E-state index in [1.54, 1.807) is 18.2 Å². The monoisotopic (exact) mass is 321 g/mol. The third-order valence-electron chi connectivity index (χ3n) is 2.40. The van der Waals surface area contributed by atoms with Crippen LogP contribution in [0.4, 0.5) is 0 Å². The second-order valence-corrected chi connectivity index (χ2v) is 4.92. The van der Waals surface area contributed by atoms with Gasteiger partial charge in [0.15, 0.2) is 0 Å². The Hall–Kier alpha value is -1.50. The number of nitriles is 1. The minimum atomic E-state index is 0.401. The molecule has 2 aromatic carbocycles. The van der Waals surface area contributed by atoms with E-state index in [-0.39, 0.29) is 0 Å². The predicted molar refractivity (Wildman–Crippen MR) is 74.6 cm³/mol. The molecule has 0 aliphatic rings. The molecule has 0 aliphatic carbocycles. The molecule has 2 rings (SSSR count). The van der Waals surface area contributed by atoms with Crippen LogP contribution in [0, 0.1) is 11.3 Å². The Labute approximate surface area is 119 Å². The highest BCUT2D eigenvalue weighted by Crippen LogP contribution is 2.24. The van der Waals surface area contributed by atoms with Gasteiger partial charge in [-0.1, -0.05) is 45.7 Å². The third-order valence-corrected chi connectivity index (χ3v) is 3.41. The molecule has 0 fully saturated rings. The van der Waals surface area contributed by atoms with E-state index in [0.717, 1.165) is 10.0 Å². The van der Waals surface area contributed by atoms with Gasteiger partial charge in [-0.2, -0.15) is 5.26 Å². The van der Waals surface area contributed by atoms with Crippen LogP contribution in [0.25, 0.3) is 0 Å². The summed E-state index contributed by atoms with van der Waals surface area (Å²) in [7, 11) is 0. The van der Waals surface area contributed by atoms with Gasteiger partial charge in [-0.05, 0) is 24.3 Å². The van der Waals surface area contributed by atoms with Crippen LogP contribution in [0.1, 0.15) is 11.1 Å². The van der Waals surface area contributed by atoms with E-state index in [1.165, 1.54) is 0 Å². The van der Waals surface area contributed by atoms with Crippen molar-refractivity contribution in [3.8, 4) is 11.8 Å². The van der Waals surface area contributed by atoms with Gasteiger partial charge < -0.3 is 4.74 Å². The Morgan fingerprint density at radius 3 is 2.72 bits per heavy atom. The van der Waals surface area contributed by atoms with E-state index >= 15 is 0 Å². The summed E-state index contributed by atoms with van der Waals surface area (Å²) in [5.41, 5.74) is 1.46. The zero-order chi connectivity index (χ0) is 13.0. The predicted octanol–water partition coefficient (Wildman–Crippen LogP) is 4.55. The van der Waals surface area contributed by atoms with Crippen LogP contribution >= 0.6 is 27.5 Å². The minimum absolute atomic E-state index is 0.401. The molecule has 0 saturated heterocycles. The van der Waals surface area contributed by atoms with E-state index in [4.69, 9.17) is 21.6 Å². The summed E-state index contributed by atoms with van der Waals surface area (Å²) in [5.74, 6) is 0.539. The van der Waals surface area contributed by atoms with Gasteiger partial charge in [0, 0.05) is 15.1 Å². The maximum Gasteiger partial charge on any atom is 0.137 e. The molecule has 0 unspecified atom stereocenters. The number of hydrogen-bond donors (Lipinski definition) is 0. The van der Waals surface area contributed by atoms with E-state index in [1.807, 2.05) is 24.3 Å². The molecule has 4 heteroatoms. The second kappa shape index (κ2) is 5.90. The topological polar surface area (TPSA) is 33.0 Å². The van der Waals surface area contributed by atoms with Crippen LogP contribution < -0.4 is 4.74 Å². The first-order chi connectivity index (χ1) is 8.70. The molecule has 0 aliphatic heterocycles. The molecule has 2 aromatic rings. The molecule has 0 aromatic heterocycles. The first-order valence-electron chi connectivity index (χ1n) is 5.26. The molecule has 0 spiro atoms. The normalized spacial score (nSPS) is 9.83. The van der Waals surface area contributed by atoms with Gasteiger partial charge in [-0.3, -0.25) is 0 Å². The van der Waals surface area contributed by atoms with Crippen molar-refractivity contribution in [3.63, 3.8) is 0 Å². The van der Waals surface area contributed by atoms with Crippen LogP contribution in [0.2, 0.25) is 5.02 Å². The summed E-state index contributed by atoms with van der Waals surface area (Å²) in [5, 5.41) is 9.52. The molecule has 0 amide bonds. The number of halogens is 2. The fraction of sp³-hybridized carbons (Fsp3) is 0.0714. The molecule has 0 N–H and O–H groups in total. The molecule has 90 valence electrons. The lowest BCUT2D eigenvalue weighted by Crippen LogP contribution is -1.98. The molecule has 0 saturated carbocycles. The van der Waals surface area contributed by atoms with Gasteiger partial charge in [0.05, 0.1) is 5.56 Å². The highest BCUT2D eigenvalue weighted by molar-refractivity contribution is 9.10. The third kappa shape index (κ3) is 3.04. The van der Waals surface area contributed by atoms with Crippen LogP contribution in [0.15, 0.2) is 46.9 Å². The van der Waals surface area contributed by atoms with Gasteiger partial charge in [0.1, 0.15) is 18.4 Å². The van der Waals surface area contributed by atoms with Gasteiger partial charge in [0.25, 0.3) is 0 Å². The maximum atomic E-state index is 9.00. The molecule has 0 atom stereocenters. The lowest BCUT2D eigenvalue weighted by molar-refractivity contribution is 0.304. The van der Waals surface area contributed by atoms with E-state index in [0.29, 0.717) is 22.9 Å². The Morgan fingerprint density at radius 1 is 1.22 bits per heavy atom. The average molecular weight is 323 g/mol. The van der Waals surface area contributed by atoms with Gasteiger partial charge in [-0.25, -0.2) is 0 Å². The van der Waals surface area contributed by atoms with Crippen molar-refractivity contribution in [3.05, 3.63) is 63.1 Å². The summed E-state index contributed by atoms with van der Waals surface area (Å²) in [4.78, 5) is 0. The van der Waals surface area contributed by atoms with Gasteiger partial charge >= 0.3 is 0 Å². The van der Waals surface area contributed by atoms with Crippen molar-refractivity contribution in [1.29, 1.82) is 5.26 Å². The molecular formula is C14H9BrClNO. The molecule has 2 nitrogen and oxygen atoms in total. The molecule has 0 radical (unpaired) electrons. The van der Waals surface area contributed by atoms with Crippen LogP contribution in [0.5, 0.6) is 5.75 Å². The minimum Gasteiger partial charge on any atom is -0.487 e. The van der Waals surface area contributed by atoms with Crippen molar-refractivity contribution >= 4 is 27.5 Å². The van der Waals surface area contributed by atoms with Crippen molar-refractivity contribution in [2.75, 3.05) is 0 Å². The van der Waals surface area contributed by atoms with Crippen LogP contribution in [-0.2, 0) is 6.61 Å². The second-order valence-electron chi connectivity index (χ2n) is 3.63. The van der Waals surface area contributed by atoms with E-state index < -0.39 is 0 Å². The average Bonchev–Trinajstić information content (AvgIpc) is 2.39. The Kier molecular flexibility index (Phi) is 4.24. The standard InChI is InChI=1S/C14H9BrClNO/c15-13-4-2-1-3-10(13)9-18-14-6-5-12(16)7-11(14)8-17/h1-7H,9H2. The lowest BCUT2D eigenvalue weighted by atomic mass is 10.2. The zero-order valence-electron chi connectivity index (χ0n) is 9.36. The van der Waals surface area contributed by atoms with Gasteiger partial charge in [-0.15, -0.1) is 0 Å². The fourth-order valence-corrected chi connectivity index (χ4v) is 2.06. The van der Waals surface area contributed by atoms with Crippen molar-refractivity contribution in [1.82, 2.24) is 0 Å². The number of nitrogens with zero attached hydrogens (tertiary/aromatic N) is 1. The molecular weight excluding hydrogens is 314 g/mol. The summed E-state index contributed by atoms with van der Waals surface area (Å²) < 4.78 is 6.62. The smallest absolute Gasteiger partial charge is 0.137 e. The number of rotatable bonds is 3. The Bertz CT molecular complexity index is 607. The van der Waals surface area contributed by atoms with E-state index in [9.17, 15) is 0 Å². The molecule has 18 heavy (non-hydrogen) atoms. The first-order valence-corrected chi connectivity index (χ1v) is 6.43. The lowest BCUT2D eigenvalue weighted by Gasteiger charge is -2.09. The summed E-state index contributed by atoms with van der Waals surface area (Å²) in [6.07, 6.45) is 0. The zero-order valence-corrected chi connectivity index (χ0v) is 11.7.